The molecule has 0 saturated carbocycles. The number of hydrogen-bond donors (Lipinski definition) is 3. The first-order valence-electron chi connectivity index (χ1n) is 5.50. The van der Waals surface area contributed by atoms with Crippen LogP contribution < -0.4 is 15.8 Å². The summed E-state index contributed by atoms with van der Waals surface area (Å²) in [6.45, 7) is 3.11. The van der Waals surface area contributed by atoms with Crippen molar-refractivity contribution in [3.63, 3.8) is 0 Å². The second-order valence-corrected chi connectivity index (χ2v) is 3.83. The highest BCUT2D eigenvalue weighted by atomic mass is 16.5. The molecule has 0 aliphatic carbocycles. The molecule has 1 rings (SSSR count). The van der Waals surface area contributed by atoms with Crippen molar-refractivity contribution in [3.05, 3.63) is 29.8 Å². The first kappa shape index (κ1) is 14.5. The third kappa shape index (κ3) is 4.30. The number of nitrogens with two attached hydrogens (primary N) is 1. The minimum absolute atomic E-state index is 0.410. The quantitative estimate of drug-likeness (QED) is 0.425. The van der Waals surface area contributed by atoms with Crippen molar-refractivity contribution in [2.45, 2.75) is 20.0 Å². The molecule has 1 aromatic rings. The molecule has 1 aromatic carbocycles. The molecular weight excluding hydrogens is 250 g/mol. The number of ether oxygens (including phenoxy) is 1. The summed E-state index contributed by atoms with van der Waals surface area (Å²) in [6.07, 6.45) is -0.880. The van der Waals surface area contributed by atoms with Gasteiger partial charge in [-0.15, -0.1) is 0 Å². The Morgan fingerprint density at radius 3 is 2.74 bits per heavy atom. The van der Waals surface area contributed by atoms with E-state index in [0.717, 1.165) is 0 Å². The molecular formula is C12H15N3O4. The van der Waals surface area contributed by atoms with Gasteiger partial charge < -0.3 is 15.7 Å². The predicted octanol–water partition coefficient (Wildman–Crippen LogP) is 0.847. The van der Waals surface area contributed by atoms with Crippen LogP contribution in [0.3, 0.4) is 0 Å². The van der Waals surface area contributed by atoms with Crippen LogP contribution >= 0.6 is 0 Å². The Balaban J connectivity index is 2.77. The highest BCUT2D eigenvalue weighted by Crippen LogP contribution is 2.15. The number of benzene rings is 1. The Labute approximate surface area is 110 Å². The van der Waals surface area contributed by atoms with E-state index in [9.17, 15) is 9.59 Å². The number of hydrogen-bond acceptors (Lipinski definition) is 5. The fraction of sp³-hybridized carbons (Fsp3) is 0.250. The molecule has 0 aliphatic rings. The largest absolute Gasteiger partial charge is 0.481 e. The maximum absolute atomic E-state index is 11.4. The van der Waals surface area contributed by atoms with E-state index in [1.54, 1.807) is 31.2 Å². The molecule has 1 atom stereocenters. The molecule has 7 nitrogen and oxygen atoms in total. The van der Waals surface area contributed by atoms with Gasteiger partial charge in [-0.3, -0.25) is 10.1 Å². The molecule has 102 valence electrons. The average Bonchev–Trinajstić information content (AvgIpc) is 2.37. The Morgan fingerprint density at radius 1 is 1.47 bits per heavy atom. The number of urea groups is 1. The monoisotopic (exact) mass is 265 g/mol. The topological polar surface area (TPSA) is 114 Å². The zero-order valence-electron chi connectivity index (χ0n) is 10.6. The zero-order chi connectivity index (χ0) is 14.4. The molecule has 0 aromatic heterocycles. The summed E-state index contributed by atoms with van der Waals surface area (Å²) in [6, 6.07) is 5.75. The van der Waals surface area contributed by atoms with Crippen LogP contribution in [0.25, 0.3) is 0 Å². The van der Waals surface area contributed by atoms with Gasteiger partial charge in [-0.1, -0.05) is 17.3 Å². The third-order valence-corrected chi connectivity index (χ3v) is 2.33. The van der Waals surface area contributed by atoms with Gasteiger partial charge in [0.1, 0.15) is 5.75 Å². The van der Waals surface area contributed by atoms with Crippen LogP contribution in [0.2, 0.25) is 0 Å². The second kappa shape index (κ2) is 6.39. The van der Waals surface area contributed by atoms with E-state index in [4.69, 9.17) is 15.7 Å². The SMILES string of the molecule is C/C(=N\O)c1cccc(OC(C)C(=O)NC(N)=O)c1. The first-order chi connectivity index (χ1) is 8.93. The van der Waals surface area contributed by atoms with Gasteiger partial charge in [0.05, 0.1) is 5.71 Å². The number of rotatable bonds is 4. The highest BCUT2D eigenvalue weighted by molar-refractivity contribution is 5.98. The second-order valence-electron chi connectivity index (χ2n) is 3.83. The lowest BCUT2D eigenvalue weighted by Crippen LogP contribution is -2.42. The fourth-order valence-electron chi connectivity index (χ4n) is 1.33. The van der Waals surface area contributed by atoms with Gasteiger partial charge in [-0.05, 0) is 26.0 Å². The number of nitrogens with zero attached hydrogens (tertiary/aromatic N) is 1. The number of primary amides is 1. The summed E-state index contributed by atoms with van der Waals surface area (Å²) in [4.78, 5) is 22.0. The summed E-state index contributed by atoms with van der Waals surface area (Å²) >= 11 is 0. The van der Waals surface area contributed by atoms with Crippen molar-refractivity contribution in [1.82, 2.24) is 5.32 Å². The molecule has 0 fully saturated rings. The molecule has 1 unspecified atom stereocenters. The van der Waals surface area contributed by atoms with Crippen LogP contribution in [0.4, 0.5) is 4.79 Å². The maximum Gasteiger partial charge on any atom is 0.318 e. The lowest BCUT2D eigenvalue weighted by Gasteiger charge is -2.14. The van der Waals surface area contributed by atoms with Gasteiger partial charge in [0.2, 0.25) is 0 Å². The number of nitrogens with one attached hydrogen (secondary N) is 1. The van der Waals surface area contributed by atoms with Crippen LogP contribution in [-0.4, -0.2) is 29.0 Å². The maximum atomic E-state index is 11.4. The Morgan fingerprint density at radius 2 is 2.16 bits per heavy atom. The van der Waals surface area contributed by atoms with Crippen molar-refractivity contribution in [1.29, 1.82) is 0 Å². The van der Waals surface area contributed by atoms with Crippen molar-refractivity contribution >= 4 is 17.6 Å². The molecule has 19 heavy (non-hydrogen) atoms. The number of carbonyl (C=O) groups excluding carboxylic acids is 2. The number of imide groups is 1. The van der Waals surface area contributed by atoms with E-state index < -0.39 is 18.0 Å². The lowest BCUT2D eigenvalue weighted by atomic mass is 10.1. The number of oxime groups is 1. The van der Waals surface area contributed by atoms with Gasteiger partial charge in [0.15, 0.2) is 6.10 Å². The number of amides is 3. The molecule has 0 spiro atoms. The fourth-order valence-corrected chi connectivity index (χ4v) is 1.33. The summed E-state index contributed by atoms with van der Waals surface area (Å²) in [5.41, 5.74) is 5.91. The van der Waals surface area contributed by atoms with Crippen LogP contribution in [-0.2, 0) is 4.79 Å². The van der Waals surface area contributed by atoms with Gasteiger partial charge in [0, 0.05) is 5.56 Å². The van der Waals surface area contributed by atoms with E-state index in [1.807, 2.05) is 5.32 Å². The lowest BCUT2D eigenvalue weighted by molar-refractivity contribution is -0.126. The predicted molar refractivity (Wildman–Crippen MR) is 68.3 cm³/mol. The van der Waals surface area contributed by atoms with Gasteiger partial charge in [-0.2, -0.15) is 0 Å². The molecule has 0 bridgehead atoms. The highest BCUT2D eigenvalue weighted by Gasteiger charge is 2.16. The van der Waals surface area contributed by atoms with Crippen LogP contribution in [0.1, 0.15) is 19.4 Å². The van der Waals surface area contributed by atoms with Crippen molar-refractivity contribution in [2.75, 3.05) is 0 Å². The van der Waals surface area contributed by atoms with Gasteiger partial charge in [0.25, 0.3) is 5.91 Å². The Bertz CT molecular complexity index is 513. The molecule has 7 heteroatoms. The van der Waals surface area contributed by atoms with Crippen molar-refractivity contribution in [3.8, 4) is 5.75 Å². The third-order valence-electron chi connectivity index (χ3n) is 2.33. The minimum Gasteiger partial charge on any atom is -0.481 e. The zero-order valence-corrected chi connectivity index (χ0v) is 10.6. The van der Waals surface area contributed by atoms with E-state index in [2.05, 4.69) is 5.16 Å². The number of carbonyl (C=O) groups is 2. The summed E-state index contributed by atoms with van der Waals surface area (Å²) in [5.74, 6) is -0.224. The molecule has 3 amide bonds. The molecule has 0 heterocycles. The average molecular weight is 265 g/mol. The molecule has 0 saturated heterocycles. The van der Waals surface area contributed by atoms with E-state index >= 15 is 0 Å². The standard InChI is InChI=1S/C12H15N3O4/c1-7(15-18)9-4-3-5-10(6-9)19-8(2)11(16)14-12(13)17/h3-6,8,18H,1-2H3,(H3,13,14,16,17)/b15-7+. The van der Waals surface area contributed by atoms with E-state index in [-0.39, 0.29) is 0 Å². The smallest absolute Gasteiger partial charge is 0.318 e. The Hall–Kier alpha value is -2.57. The Kier molecular flexibility index (Phi) is 4.87. The molecule has 0 radical (unpaired) electrons. The van der Waals surface area contributed by atoms with Gasteiger partial charge >= 0.3 is 6.03 Å². The van der Waals surface area contributed by atoms with Crippen LogP contribution in [0, 0.1) is 0 Å². The first-order valence-corrected chi connectivity index (χ1v) is 5.50. The summed E-state index contributed by atoms with van der Waals surface area (Å²) < 4.78 is 5.36. The van der Waals surface area contributed by atoms with Crippen LogP contribution in [0.5, 0.6) is 5.75 Å². The normalized spacial score (nSPS) is 12.6. The van der Waals surface area contributed by atoms with Crippen molar-refractivity contribution < 1.29 is 19.5 Å². The summed E-state index contributed by atoms with van der Waals surface area (Å²) in [7, 11) is 0. The van der Waals surface area contributed by atoms with E-state index in [1.165, 1.54) is 6.92 Å². The van der Waals surface area contributed by atoms with Crippen molar-refractivity contribution in [2.24, 2.45) is 10.9 Å². The molecule has 0 aliphatic heterocycles. The van der Waals surface area contributed by atoms with Gasteiger partial charge in [-0.25, -0.2) is 4.79 Å². The van der Waals surface area contributed by atoms with E-state index in [0.29, 0.717) is 17.0 Å². The van der Waals surface area contributed by atoms with Crippen LogP contribution in [0.15, 0.2) is 29.4 Å². The minimum atomic E-state index is -0.933. The molecule has 4 N–H and O–H groups in total. The summed E-state index contributed by atoms with van der Waals surface area (Å²) in [5, 5.41) is 13.7.